The molecule has 1 aromatic carbocycles. The number of hydrogen-bond donors (Lipinski definition) is 3. The van der Waals surface area contributed by atoms with Crippen LogP contribution in [-0.2, 0) is 4.79 Å². The Morgan fingerprint density at radius 1 is 1.30 bits per heavy atom. The van der Waals surface area contributed by atoms with Crippen molar-refractivity contribution in [3.8, 4) is 5.75 Å². The van der Waals surface area contributed by atoms with E-state index >= 15 is 0 Å². The molecule has 0 saturated carbocycles. The second kappa shape index (κ2) is 9.08. The van der Waals surface area contributed by atoms with Gasteiger partial charge in [0.15, 0.2) is 0 Å². The number of carbonyl (C=O) groups is 2. The number of carbonyl (C=O) groups excluding carboxylic acids is 2. The monoisotopic (exact) mass is 375 g/mol. The van der Waals surface area contributed by atoms with Crippen molar-refractivity contribution in [2.24, 2.45) is 0 Å². The van der Waals surface area contributed by atoms with Crippen molar-refractivity contribution in [1.29, 1.82) is 0 Å². The van der Waals surface area contributed by atoms with E-state index in [1.165, 1.54) is 13.0 Å². The van der Waals surface area contributed by atoms with Crippen LogP contribution >= 0.6 is 0 Å². The zero-order valence-electron chi connectivity index (χ0n) is 16.3. The number of urea groups is 1. The van der Waals surface area contributed by atoms with Crippen LogP contribution in [0.4, 0.5) is 10.5 Å². The van der Waals surface area contributed by atoms with Gasteiger partial charge in [-0.3, -0.25) is 4.79 Å². The second-order valence-electron chi connectivity index (χ2n) is 7.29. The third-order valence-electron chi connectivity index (χ3n) is 5.51. The average molecular weight is 375 g/mol. The summed E-state index contributed by atoms with van der Waals surface area (Å²) in [6, 6.07) is 7.66. The van der Waals surface area contributed by atoms with Gasteiger partial charge in [-0.1, -0.05) is 0 Å². The predicted octanol–water partition coefficient (Wildman–Crippen LogP) is 0.557. The van der Waals surface area contributed by atoms with E-state index in [2.05, 4.69) is 17.6 Å². The maximum Gasteiger partial charge on any atom is 0.315 e. The lowest BCUT2D eigenvalue weighted by Gasteiger charge is -2.21. The van der Waals surface area contributed by atoms with Crippen LogP contribution in [0.5, 0.6) is 5.75 Å². The molecule has 3 rings (SSSR count). The highest BCUT2D eigenvalue weighted by molar-refractivity contribution is 5.96. The number of likely N-dealkylation sites (tertiary alicyclic amines) is 1. The fraction of sp³-hybridized carbons (Fsp3) is 0.600. The molecular formula is C20H31N4O3+. The minimum atomic E-state index is -0.177. The Balaban J connectivity index is 1.47. The minimum absolute atomic E-state index is 0.0295. The number of anilines is 1. The Hall–Kier alpha value is -2.28. The molecule has 1 aromatic rings. The molecular weight excluding hydrogens is 344 g/mol. The van der Waals surface area contributed by atoms with Crippen LogP contribution in [0.2, 0.25) is 0 Å². The van der Waals surface area contributed by atoms with Gasteiger partial charge in [-0.2, -0.15) is 0 Å². The fourth-order valence-corrected chi connectivity index (χ4v) is 4.09. The quantitative estimate of drug-likeness (QED) is 0.652. The van der Waals surface area contributed by atoms with Gasteiger partial charge in [-0.15, -0.1) is 0 Å². The zero-order chi connectivity index (χ0) is 19.2. The first kappa shape index (κ1) is 19.5. The molecule has 2 saturated heterocycles. The van der Waals surface area contributed by atoms with E-state index in [-0.39, 0.29) is 18.0 Å². The van der Waals surface area contributed by atoms with Gasteiger partial charge in [0.1, 0.15) is 11.8 Å². The summed E-state index contributed by atoms with van der Waals surface area (Å²) in [5.74, 6) is 0.818. The van der Waals surface area contributed by atoms with Crippen molar-refractivity contribution in [2.45, 2.75) is 45.2 Å². The average Bonchev–Trinajstić information content (AvgIpc) is 3.27. The van der Waals surface area contributed by atoms with Crippen molar-refractivity contribution >= 4 is 17.6 Å². The van der Waals surface area contributed by atoms with Crippen molar-refractivity contribution in [1.82, 2.24) is 10.6 Å². The summed E-state index contributed by atoms with van der Waals surface area (Å²) < 4.78 is 5.44. The van der Waals surface area contributed by atoms with E-state index in [0.29, 0.717) is 32.2 Å². The molecule has 3 atom stereocenters. The molecule has 0 spiro atoms. The molecule has 3 amide bonds. The SMILES string of the molecule is CCOc1ccc(N2C[C@H](NC(=O)NC[C@H]3CCC[NH+]3CC)CC2=O)cc1. The first-order chi connectivity index (χ1) is 13.1. The van der Waals surface area contributed by atoms with Crippen LogP contribution < -0.4 is 25.2 Å². The summed E-state index contributed by atoms with van der Waals surface area (Å²) in [7, 11) is 0. The molecule has 148 valence electrons. The number of hydrogen-bond acceptors (Lipinski definition) is 3. The van der Waals surface area contributed by atoms with Gasteiger partial charge in [0.05, 0.1) is 32.3 Å². The molecule has 27 heavy (non-hydrogen) atoms. The maximum absolute atomic E-state index is 12.3. The van der Waals surface area contributed by atoms with Gasteiger partial charge in [0.2, 0.25) is 5.91 Å². The molecule has 0 aromatic heterocycles. The van der Waals surface area contributed by atoms with Crippen LogP contribution in [0, 0.1) is 0 Å². The van der Waals surface area contributed by atoms with Crippen molar-refractivity contribution < 1.29 is 19.2 Å². The van der Waals surface area contributed by atoms with Gasteiger partial charge in [-0.25, -0.2) is 4.79 Å². The molecule has 7 nitrogen and oxygen atoms in total. The van der Waals surface area contributed by atoms with Crippen molar-refractivity contribution in [3.63, 3.8) is 0 Å². The van der Waals surface area contributed by atoms with Gasteiger partial charge in [-0.05, 0) is 38.1 Å². The number of benzene rings is 1. The second-order valence-corrected chi connectivity index (χ2v) is 7.29. The highest BCUT2D eigenvalue weighted by atomic mass is 16.5. The highest BCUT2D eigenvalue weighted by Crippen LogP contribution is 2.24. The number of nitrogens with zero attached hydrogens (tertiary/aromatic N) is 1. The van der Waals surface area contributed by atoms with E-state index in [4.69, 9.17) is 4.74 Å². The standard InChI is InChI=1S/C20H30N4O3/c1-3-23-11-5-6-17(23)13-21-20(26)22-15-12-19(25)24(14-15)16-7-9-18(10-8-16)27-4-2/h7-10,15,17H,3-6,11-14H2,1-2H3,(H2,21,22,26)/p+1/t15-,17-/m1/s1. The zero-order valence-corrected chi connectivity index (χ0v) is 16.3. The summed E-state index contributed by atoms with van der Waals surface area (Å²) >= 11 is 0. The predicted molar refractivity (Wildman–Crippen MR) is 104 cm³/mol. The van der Waals surface area contributed by atoms with E-state index in [9.17, 15) is 9.59 Å². The molecule has 0 radical (unpaired) electrons. The smallest absolute Gasteiger partial charge is 0.315 e. The van der Waals surface area contributed by atoms with E-state index in [1.807, 2.05) is 31.2 Å². The number of amides is 3. The largest absolute Gasteiger partial charge is 0.494 e. The lowest BCUT2D eigenvalue weighted by molar-refractivity contribution is -0.909. The first-order valence-corrected chi connectivity index (χ1v) is 10.0. The third-order valence-corrected chi connectivity index (χ3v) is 5.51. The Labute approximate surface area is 161 Å². The van der Waals surface area contributed by atoms with Crippen LogP contribution in [-0.4, -0.2) is 56.8 Å². The van der Waals surface area contributed by atoms with E-state index < -0.39 is 0 Å². The molecule has 0 aliphatic carbocycles. The molecule has 2 aliphatic heterocycles. The normalized spacial score (nSPS) is 24.9. The molecule has 2 aliphatic rings. The van der Waals surface area contributed by atoms with Crippen LogP contribution in [0.25, 0.3) is 0 Å². The molecule has 3 N–H and O–H groups in total. The van der Waals surface area contributed by atoms with E-state index in [1.54, 1.807) is 9.80 Å². The van der Waals surface area contributed by atoms with Gasteiger partial charge in [0.25, 0.3) is 0 Å². The molecule has 1 unspecified atom stereocenters. The summed E-state index contributed by atoms with van der Waals surface area (Å²) in [6.07, 6.45) is 2.72. The van der Waals surface area contributed by atoms with Gasteiger partial charge >= 0.3 is 6.03 Å². The summed E-state index contributed by atoms with van der Waals surface area (Å²) in [6.45, 7) is 8.22. The van der Waals surface area contributed by atoms with Crippen molar-refractivity contribution in [2.75, 3.05) is 37.7 Å². The summed E-state index contributed by atoms with van der Waals surface area (Å²) in [4.78, 5) is 27.9. The Kier molecular flexibility index (Phi) is 6.55. The van der Waals surface area contributed by atoms with Crippen LogP contribution in [0.15, 0.2) is 24.3 Å². The Morgan fingerprint density at radius 3 is 2.78 bits per heavy atom. The van der Waals surface area contributed by atoms with Crippen molar-refractivity contribution in [3.05, 3.63) is 24.3 Å². The topological polar surface area (TPSA) is 75.1 Å². The molecule has 2 fully saturated rings. The molecule has 0 bridgehead atoms. The third kappa shape index (κ3) is 4.91. The van der Waals surface area contributed by atoms with E-state index in [0.717, 1.165) is 24.4 Å². The Bertz CT molecular complexity index is 649. The van der Waals surface area contributed by atoms with Gasteiger partial charge in [0, 0.05) is 31.5 Å². The van der Waals surface area contributed by atoms with Crippen LogP contribution in [0.3, 0.4) is 0 Å². The lowest BCUT2D eigenvalue weighted by Crippen LogP contribution is -3.14. The number of nitrogens with one attached hydrogen (secondary N) is 3. The molecule has 2 heterocycles. The maximum atomic E-state index is 12.3. The minimum Gasteiger partial charge on any atom is -0.494 e. The molecule has 7 heteroatoms. The summed E-state index contributed by atoms with van der Waals surface area (Å²) in [5, 5.41) is 5.94. The first-order valence-electron chi connectivity index (χ1n) is 10.0. The Morgan fingerprint density at radius 2 is 2.07 bits per heavy atom. The number of likely N-dealkylation sites (N-methyl/N-ethyl adjacent to an activating group) is 1. The number of quaternary nitrogens is 1. The van der Waals surface area contributed by atoms with Gasteiger partial charge < -0.3 is 25.2 Å². The number of ether oxygens (including phenoxy) is 1. The van der Waals surface area contributed by atoms with Crippen LogP contribution in [0.1, 0.15) is 33.1 Å². The highest BCUT2D eigenvalue weighted by Gasteiger charge is 2.32. The lowest BCUT2D eigenvalue weighted by atomic mass is 10.2. The number of rotatable bonds is 7. The fourth-order valence-electron chi connectivity index (χ4n) is 4.09. The summed E-state index contributed by atoms with van der Waals surface area (Å²) in [5.41, 5.74) is 0.835.